The maximum Gasteiger partial charge on any atom is 0.171 e. The number of methoxy groups -OCH3 is 3. The van der Waals surface area contributed by atoms with E-state index in [1.165, 1.54) is 0 Å². The Morgan fingerprint density at radius 2 is 1.78 bits per heavy atom. The first-order valence-corrected chi connectivity index (χ1v) is 7.39. The minimum absolute atomic E-state index is 0.140. The summed E-state index contributed by atoms with van der Waals surface area (Å²) in [6.07, 6.45) is 2.59. The van der Waals surface area contributed by atoms with E-state index in [0.717, 1.165) is 27.3 Å². The summed E-state index contributed by atoms with van der Waals surface area (Å²) in [5, 5.41) is 21.2. The lowest BCUT2D eigenvalue weighted by Gasteiger charge is -2.21. The molecule has 1 aromatic rings. The van der Waals surface area contributed by atoms with Gasteiger partial charge in [-0.2, -0.15) is 0 Å². The van der Waals surface area contributed by atoms with Crippen molar-refractivity contribution in [2.75, 3.05) is 21.3 Å². The van der Waals surface area contributed by atoms with Crippen LogP contribution in [0.1, 0.15) is 17.7 Å². The molecule has 0 amide bonds. The number of hydrogen-bond donors (Lipinski definition) is 2. The van der Waals surface area contributed by atoms with Gasteiger partial charge < -0.3 is 29.0 Å². The zero-order valence-electron chi connectivity index (χ0n) is 13.8. The third kappa shape index (κ3) is 1.95. The highest BCUT2D eigenvalue weighted by atomic mass is 16.5. The molecule has 3 rings (SSSR count). The van der Waals surface area contributed by atoms with Crippen LogP contribution in [-0.4, -0.2) is 36.1 Å². The Hall–Kier alpha value is -2.18. The fourth-order valence-electron chi connectivity index (χ4n) is 3.56. The minimum atomic E-state index is -0.205. The Morgan fingerprint density at radius 1 is 1.09 bits per heavy atom. The molecule has 2 N–H and O–H groups in total. The summed E-state index contributed by atoms with van der Waals surface area (Å²) < 4.78 is 18.4. The van der Waals surface area contributed by atoms with Gasteiger partial charge >= 0.3 is 0 Å². The summed E-state index contributed by atoms with van der Waals surface area (Å²) >= 11 is 0. The van der Waals surface area contributed by atoms with Crippen LogP contribution in [0, 0.1) is 6.92 Å². The second kappa shape index (κ2) is 5.79. The van der Waals surface area contributed by atoms with Crippen LogP contribution in [0.15, 0.2) is 23.2 Å². The molecule has 6 nitrogen and oxygen atoms in total. The largest absolute Gasteiger partial charge is 0.495 e. The minimum Gasteiger partial charge on any atom is -0.495 e. The first kappa shape index (κ1) is 15.7. The molecule has 1 heterocycles. The molecule has 2 aliphatic rings. The SMILES string of the molecule is COC1=CCC2=c3c(c(C)c(CO)n3CO)=C(OC)C2=C1OC. The zero-order chi connectivity index (χ0) is 16.7. The Labute approximate surface area is 134 Å². The third-order valence-corrected chi connectivity index (χ3v) is 4.54. The third-order valence-electron chi connectivity index (χ3n) is 4.54. The monoisotopic (exact) mass is 319 g/mol. The molecule has 124 valence electrons. The number of aromatic nitrogens is 1. The van der Waals surface area contributed by atoms with Gasteiger partial charge in [-0.1, -0.05) is 0 Å². The lowest BCUT2D eigenvalue weighted by Crippen LogP contribution is -2.30. The number of aliphatic hydroxyl groups is 2. The molecular formula is C17H21NO5. The van der Waals surface area contributed by atoms with Gasteiger partial charge in [-0.15, -0.1) is 0 Å². The van der Waals surface area contributed by atoms with Gasteiger partial charge in [0.1, 0.15) is 12.5 Å². The molecule has 0 aliphatic heterocycles. The van der Waals surface area contributed by atoms with Crippen LogP contribution >= 0.6 is 0 Å². The molecule has 1 aromatic heterocycles. The normalized spacial score (nSPS) is 16.3. The number of rotatable bonds is 5. The smallest absolute Gasteiger partial charge is 0.171 e. The number of allylic oxidation sites excluding steroid dienone is 1. The van der Waals surface area contributed by atoms with Crippen molar-refractivity contribution in [2.45, 2.75) is 26.7 Å². The summed E-state index contributed by atoms with van der Waals surface area (Å²) in [6, 6.07) is 0. The van der Waals surface area contributed by atoms with Crippen molar-refractivity contribution < 1.29 is 24.4 Å². The van der Waals surface area contributed by atoms with Crippen LogP contribution in [0.4, 0.5) is 0 Å². The molecule has 0 bridgehead atoms. The van der Waals surface area contributed by atoms with Crippen molar-refractivity contribution >= 4 is 11.3 Å². The Kier molecular flexibility index (Phi) is 3.95. The highest BCUT2D eigenvalue weighted by Crippen LogP contribution is 2.37. The standard InChI is InChI=1S/C17H21NO5/c1-9-11(7-19)18(8-20)15-10-5-6-12(21-2)16(22-3)14(10)17(23-4)13(9)15/h6,19-20H,5,7-8H2,1-4H3. The van der Waals surface area contributed by atoms with Crippen molar-refractivity contribution in [3.8, 4) is 0 Å². The molecule has 0 saturated carbocycles. The summed E-state index contributed by atoms with van der Waals surface area (Å²) in [4.78, 5) is 0. The summed E-state index contributed by atoms with van der Waals surface area (Å²) in [6.45, 7) is 1.58. The van der Waals surface area contributed by atoms with E-state index in [2.05, 4.69) is 0 Å². The number of ether oxygens (including phenoxy) is 3. The predicted octanol–water partition coefficient (Wildman–Crippen LogP) is -0.00798. The fourth-order valence-corrected chi connectivity index (χ4v) is 3.56. The topological polar surface area (TPSA) is 73.1 Å². The molecule has 2 aliphatic carbocycles. The molecule has 0 aromatic carbocycles. The second-order valence-electron chi connectivity index (χ2n) is 5.42. The fraction of sp³-hybridized carbons (Fsp3) is 0.412. The average molecular weight is 319 g/mol. The summed E-state index contributed by atoms with van der Waals surface area (Å²) in [7, 11) is 4.82. The summed E-state index contributed by atoms with van der Waals surface area (Å²) in [5.41, 5.74) is 3.46. The second-order valence-corrected chi connectivity index (χ2v) is 5.42. The maximum absolute atomic E-state index is 9.80. The van der Waals surface area contributed by atoms with Gasteiger partial charge in [0.25, 0.3) is 0 Å². The van der Waals surface area contributed by atoms with E-state index < -0.39 is 0 Å². The lowest BCUT2D eigenvalue weighted by atomic mass is 9.97. The first-order valence-electron chi connectivity index (χ1n) is 7.39. The number of nitrogens with zero attached hydrogens (tertiary/aromatic N) is 1. The first-order chi connectivity index (χ1) is 11.1. The molecule has 0 radical (unpaired) electrons. The molecular weight excluding hydrogens is 298 g/mol. The molecule has 0 unspecified atom stereocenters. The van der Waals surface area contributed by atoms with Gasteiger partial charge in [-0.05, 0) is 30.6 Å². The number of aliphatic hydroxyl groups excluding tert-OH is 2. The van der Waals surface area contributed by atoms with Crippen LogP contribution in [-0.2, 0) is 27.5 Å². The summed E-state index contributed by atoms with van der Waals surface area (Å²) in [5.74, 6) is 1.98. The average Bonchev–Trinajstić information content (AvgIpc) is 3.05. The van der Waals surface area contributed by atoms with Gasteiger partial charge in [0.05, 0.1) is 38.9 Å². The highest BCUT2D eigenvalue weighted by molar-refractivity contribution is 5.90. The molecule has 0 fully saturated rings. The molecule has 0 atom stereocenters. The van der Waals surface area contributed by atoms with Gasteiger partial charge in [-0.25, -0.2) is 0 Å². The van der Waals surface area contributed by atoms with E-state index in [1.807, 2.05) is 13.0 Å². The van der Waals surface area contributed by atoms with Crippen LogP contribution in [0.25, 0.3) is 11.3 Å². The van der Waals surface area contributed by atoms with Crippen molar-refractivity contribution in [1.29, 1.82) is 0 Å². The van der Waals surface area contributed by atoms with Crippen molar-refractivity contribution in [3.05, 3.63) is 45.0 Å². The van der Waals surface area contributed by atoms with E-state index in [9.17, 15) is 10.2 Å². The van der Waals surface area contributed by atoms with E-state index >= 15 is 0 Å². The van der Waals surface area contributed by atoms with Crippen LogP contribution in [0.2, 0.25) is 0 Å². The van der Waals surface area contributed by atoms with Gasteiger partial charge in [0.2, 0.25) is 0 Å². The van der Waals surface area contributed by atoms with Gasteiger partial charge in [-0.3, -0.25) is 0 Å². The molecule has 0 saturated heterocycles. The van der Waals surface area contributed by atoms with Crippen molar-refractivity contribution in [3.63, 3.8) is 0 Å². The molecule has 0 spiro atoms. The molecule has 6 heteroatoms. The Bertz CT molecular complexity index is 841. The zero-order valence-corrected chi connectivity index (χ0v) is 13.8. The number of hydrogen-bond acceptors (Lipinski definition) is 5. The van der Waals surface area contributed by atoms with E-state index in [1.54, 1.807) is 25.9 Å². The van der Waals surface area contributed by atoms with Crippen LogP contribution in [0.5, 0.6) is 0 Å². The van der Waals surface area contributed by atoms with Crippen LogP contribution < -0.4 is 10.6 Å². The lowest BCUT2D eigenvalue weighted by molar-refractivity contribution is 0.189. The van der Waals surface area contributed by atoms with Gasteiger partial charge in [0.15, 0.2) is 11.5 Å². The van der Waals surface area contributed by atoms with E-state index in [0.29, 0.717) is 29.4 Å². The Balaban J connectivity index is 2.48. The van der Waals surface area contributed by atoms with Gasteiger partial charge in [0, 0.05) is 10.9 Å². The molecule has 23 heavy (non-hydrogen) atoms. The predicted molar refractivity (Wildman–Crippen MR) is 84.1 cm³/mol. The quantitative estimate of drug-likeness (QED) is 0.799. The van der Waals surface area contributed by atoms with Crippen LogP contribution in [0.3, 0.4) is 0 Å². The highest BCUT2D eigenvalue weighted by Gasteiger charge is 2.33. The van der Waals surface area contributed by atoms with E-state index in [-0.39, 0.29) is 13.3 Å². The number of fused-ring (bicyclic) bond motifs is 2. The van der Waals surface area contributed by atoms with E-state index in [4.69, 9.17) is 14.2 Å². The van der Waals surface area contributed by atoms with Crippen molar-refractivity contribution in [2.24, 2.45) is 0 Å². The Morgan fingerprint density at radius 3 is 2.30 bits per heavy atom. The maximum atomic E-state index is 9.80. The van der Waals surface area contributed by atoms with Crippen molar-refractivity contribution in [1.82, 2.24) is 4.57 Å².